The van der Waals surface area contributed by atoms with E-state index in [4.69, 9.17) is 4.52 Å². The highest BCUT2D eigenvalue weighted by molar-refractivity contribution is 5.90. The van der Waals surface area contributed by atoms with Crippen molar-refractivity contribution in [3.8, 4) is 11.5 Å². The van der Waals surface area contributed by atoms with Gasteiger partial charge in [-0.15, -0.1) is 0 Å². The predicted molar refractivity (Wildman–Crippen MR) is 84.0 cm³/mol. The summed E-state index contributed by atoms with van der Waals surface area (Å²) in [5.41, 5.74) is 0.572. The summed E-state index contributed by atoms with van der Waals surface area (Å²) >= 11 is 0. The van der Waals surface area contributed by atoms with E-state index in [1.54, 1.807) is 23.5 Å². The van der Waals surface area contributed by atoms with Crippen molar-refractivity contribution in [2.24, 2.45) is 5.92 Å². The molecule has 1 fully saturated rings. The van der Waals surface area contributed by atoms with Crippen LogP contribution in [0.25, 0.3) is 11.5 Å². The molecule has 10 nitrogen and oxygen atoms in total. The molecule has 0 bridgehead atoms. The fourth-order valence-corrected chi connectivity index (χ4v) is 2.98. The molecule has 0 saturated carbocycles. The normalized spacial score (nSPS) is 17.6. The molecule has 128 valence electrons. The molecule has 1 N–H and O–H groups in total. The van der Waals surface area contributed by atoms with E-state index in [9.17, 15) is 4.79 Å². The van der Waals surface area contributed by atoms with Crippen LogP contribution in [0.1, 0.15) is 29.4 Å². The molecule has 1 aliphatic rings. The number of likely N-dealkylation sites (tertiary alicyclic amines) is 1. The summed E-state index contributed by atoms with van der Waals surface area (Å²) in [6, 6.07) is 0. The summed E-state index contributed by atoms with van der Waals surface area (Å²) in [6.45, 7) is 1.34. The standard InChI is InChI=1S/C15H16N8O2/c24-15(14-18-9-19-21-14)23-5-1-2-10(8-23)6-12-20-13(22-25-12)11-7-16-3-4-17-11/h3-4,7,9-10H,1-2,5-6,8H2,(H,18,19,21). The van der Waals surface area contributed by atoms with Crippen LogP contribution in [0.15, 0.2) is 29.4 Å². The molecular formula is C15H16N8O2. The topological polar surface area (TPSA) is 127 Å². The number of nitrogens with zero attached hydrogens (tertiary/aromatic N) is 7. The summed E-state index contributed by atoms with van der Waals surface area (Å²) in [4.78, 5) is 30.6. The number of aromatic nitrogens is 7. The van der Waals surface area contributed by atoms with Gasteiger partial charge < -0.3 is 9.42 Å². The molecular weight excluding hydrogens is 324 g/mol. The lowest BCUT2D eigenvalue weighted by atomic mass is 9.94. The van der Waals surface area contributed by atoms with Gasteiger partial charge in [-0.25, -0.2) is 9.97 Å². The molecule has 0 spiro atoms. The Kier molecular flexibility index (Phi) is 4.15. The van der Waals surface area contributed by atoms with Gasteiger partial charge in [-0.2, -0.15) is 10.1 Å². The number of carbonyl (C=O) groups is 1. The fraction of sp³-hybridized carbons (Fsp3) is 0.400. The van der Waals surface area contributed by atoms with Gasteiger partial charge in [0.1, 0.15) is 12.0 Å². The number of hydrogen-bond donors (Lipinski definition) is 1. The average Bonchev–Trinajstić information content (AvgIpc) is 3.34. The van der Waals surface area contributed by atoms with Gasteiger partial charge in [0.15, 0.2) is 0 Å². The van der Waals surface area contributed by atoms with Crippen molar-refractivity contribution in [1.29, 1.82) is 0 Å². The molecule has 4 heterocycles. The van der Waals surface area contributed by atoms with Gasteiger partial charge in [0.05, 0.1) is 6.20 Å². The Morgan fingerprint density at radius 2 is 2.32 bits per heavy atom. The Hall–Kier alpha value is -3.17. The lowest BCUT2D eigenvalue weighted by molar-refractivity contribution is 0.0656. The molecule has 0 aromatic carbocycles. The zero-order chi connectivity index (χ0) is 17.1. The van der Waals surface area contributed by atoms with E-state index < -0.39 is 0 Å². The third-order valence-electron chi connectivity index (χ3n) is 4.15. The first-order valence-electron chi connectivity index (χ1n) is 8.03. The molecule has 3 aromatic heterocycles. The van der Waals surface area contributed by atoms with E-state index in [0.29, 0.717) is 36.9 Å². The summed E-state index contributed by atoms with van der Waals surface area (Å²) in [5.74, 6) is 1.36. The molecule has 4 rings (SSSR count). The average molecular weight is 340 g/mol. The van der Waals surface area contributed by atoms with Crippen molar-refractivity contribution in [2.75, 3.05) is 13.1 Å². The van der Waals surface area contributed by atoms with Gasteiger partial charge in [-0.1, -0.05) is 5.16 Å². The zero-order valence-electron chi connectivity index (χ0n) is 13.4. The quantitative estimate of drug-likeness (QED) is 0.737. The van der Waals surface area contributed by atoms with Gasteiger partial charge in [0, 0.05) is 31.9 Å². The van der Waals surface area contributed by atoms with Crippen LogP contribution in [0.3, 0.4) is 0 Å². The minimum atomic E-state index is -0.132. The predicted octanol–water partition coefficient (Wildman–Crippen LogP) is 0.740. The Bertz CT molecular complexity index is 832. The molecule has 1 unspecified atom stereocenters. The Morgan fingerprint density at radius 1 is 1.36 bits per heavy atom. The molecule has 3 aromatic rings. The summed E-state index contributed by atoms with van der Waals surface area (Å²) in [7, 11) is 0. The molecule has 0 radical (unpaired) electrons. The first-order valence-corrected chi connectivity index (χ1v) is 8.03. The highest BCUT2D eigenvalue weighted by Crippen LogP contribution is 2.22. The van der Waals surface area contributed by atoms with E-state index in [1.807, 2.05) is 0 Å². The maximum Gasteiger partial charge on any atom is 0.291 e. The first-order chi connectivity index (χ1) is 12.3. The molecule has 1 atom stereocenters. The minimum absolute atomic E-state index is 0.132. The molecule has 0 aliphatic carbocycles. The maximum absolute atomic E-state index is 12.4. The Morgan fingerprint density at radius 3 is 3.12 bits per heavy atom. The number of rotatable bonds is 4. The van der Waals surface area contributed by atoms with Crippen LogP contribution < -0.4 is 0 Å². The van der Waals surface area contributed by atoms with Crippen molar-refractivity contribution in [3.05, 3.63) is 36.6 Å². The van der Waals surface area contributed by atoms with Crippen LogP contribution >= 0.6 is 0 Å². The van der Waals surface area contributed by atoms with Crippen LogP contribution in [-0.2, 0) is 6.42 Å². The lowest BCUT2D eigenvalue weighted by Crippen LogP contribution is -2.41. The Labute approximate surface area is 142 Å². The number of nitrogens with one attached hydrogen (secondary N) is 1. The molecule has 25 heavy (non-hydrogen) atoms. The molecule has 10 heteroatoms. The number of piperidine rings is 1. The largest absolute Gasteiger partial charge is 0.339 e. The smallest absolute Gasteiger partial charge is 0.291 e. The van der Waals surface area contributed by atoms with Gasteiger partial charge in [-0.3, -0.25) is 14.9 Å². The number of aromatic amines is 1. The van der Waals surface area contributed by atoms with Crippen molar-refractivity contribution in [3.63, 3.8) is 0 Å². The Balaban J connectivity index is 1.41. The highest BCUT2D eigenvalue weighted by Gasteiger charge is 2.27. The monoisotopic (exact) mass is 340 g/mol. The third-order valence-corrected chi connectivity index (χ3v) is 4.15. The second-order valence-corrected chi connectivity index (χ2v) is 5.90. The van der Waals surface area contributed by atoms with Crippen LogP contribution in [0.5, 0.6) is 0 Å². The third kappa shape index (κ3) is 3.37. The van der Waals surface area contributed by atoms with Crippen molar-refractivity contribution in [2.45, 2.75) is 19.3 Å². The van der Waals surface area contributed by atoms with E-state index in [1.165, 1.54) is 6.33 Å². The minimum Gasteiger partial charge on any atom is -0.339 e. The van der Waals surface area contributed by atoms with Crippen molar-refractivity contribution < 1.29 is 9.32 Å². The number of H-pyrrole nitrogens is 1. The van der Waals surface area contributed by atoms with Crippen LogP contribution in [0.4, 0.5) is 0 Å². The van der Waals surface area contributed by atoms with E-state index in [0.717, 1.165) is 12.8 Å². The summed E-state index contributed by atoms with van der Waals surface area (Å²) in [6.07, 6.45) is 8.65. The second kappa shape index (κ2) is 6.75. The van der Waals surface area contributed by atoms with Crippen LogP contribution in [0.2, 0.25) is 0 Å². The number of carbonyl (C=O) groups excluding carboxylic acids is 1. The molecule has 1 amide bonds. The second-order valence-electron chi connectivity index (χ2n) is 5.90. The lowest BCUT2D eigenvalue weighted by Gasteiger charge is -2.31. The molecule has 1 saturated heterocycles. The number of amides is 1. The zero-order valence-corrected chi connectivity index (χ0v) is 13.4. The van der Waals surface area contributed by atoms with Gasteiger partial charge in [0.25, 0.3) is 5.91 Å². The van der Waals surface area contributed by atoms with Gasteiger partial charge in [0.2, 0.25) is 17.5 Å². The van der Waals surface area contributed by atoms with E-state index in [2.05, 4.69) is 35.3 Å². The van der Waals surface area contributed by atoms with Gasteiger partial charge in [-0.05, 0) is 18.8 Å². The van der Waals surface area contributed by atoms with Crippen LogP contribution in [-0.4, -0.2) is 59.2 Å². The highest BCUT2D eigenvalue weighted by atomic mass is 16.5. The molecule has 1 aliphatic heterocycles. The fourth-order valence-electron chi connectivity index (χ4n) is 2.98. The SMILES string of the molecule is O=C(c1ncn[nH]1)N1CCCC(Cc2nc(-c3cnccn3)no2)C1. The summed E-state index contributed by atoms with van der Waals surface area (Å²) in [5, 5.41) is 10.3. The van der Waals surface area contributed by atoms with E-state index >= 15 is 0 Å². The first kappa shape index (κ1) is 15.4. The van der Waals surface area contributed by atoms with E-state index in [-0.39, 0.29) is 17.6 Å². The maximum atomic E-state index is 12.4. The van der Waals surface area contributed by atoms with Gasteiger partial charge >= 0.3 is 0 Å². The summed E-state index contributed by atoms with van der Waals surface area (Å²) < 4.78 is 5.33. The number of hydrogen-bond acceptors (Lipinski definition) is 8. The van der Waals surface area contributed by atoms with Crippen molar-refractivity contribution in [1.82, 2.24) is 40.2 Å². The van der Waals surface area contributed by atoms with Crippen LogP contribution in [0, 0.1) is 5.92 Å². The van der Waals surface area contributed by atoms with Crippen molar-refractivity contribution >= 4 is 5.91 Å².